The van der Waals surface area contributed by atoms with Gasteiger partial charge in [-0.25, -0.2) is 9.29 Å². The van der Waals surface area contributed by atoms with Crippen LogP contribution in [0.4, 0.5) is 15.8 Å². The zero-order valence-electron chi connectivity index (χ0n) is 16.4. The molecular formula is C21H20FN5O3. The number of fused-ring (bicyclic) bond motifs is 1. The van der Waals surface area contributed by atoms with E-state index in [-0.39, 0.29) is 18.1 Å². The number of anilines is 2. The first-order chi connectivity index (χ1) is 14.3. The van der Waals surface area contributed by atoms with E-state index in [4.69, 9.17) is 0 Å². The lowest BCUT2D eigenvalue weighted by Gasteiger charge is -2.20. The van der Waals surface area contributed by atoms with E-state index in [0.29, 0.717) is 11.6 Å². The van der Waals surface area contributed by atoms with Crippen molar-refractivity contribution in [3.63, 3.8) is 0 Å². The van der Waals surface area contributed by atoms with Crippen molar-refractivity contribution < 1.29 is 18.8 Å². The Morgan fingerprint density at radius 2 is 1.73 bits per heavy atom. The number of amides is 3. The number of carbonyl (C=O) groups is 3. The molecule has 9 heteroatoms. The monoisotopic (exact) mass is 409 g/mol. The quantitative estimate of drug-likeness (QED) is 0.769. The third-order valence-corrected chi connectivity index (χ3v) is 5.11. The fraction of sp³-hybridized carbons (Fsp3) is 0.286. The highest BCUT2D eigenvalue weighted by atomic mass is 19.1. The Labute approximate surface area is 172 Å². The van der Waals surface area contributed by atoms with Gasteiger partial charge in [-0.2, -0.15) is 5.11 Å². The predicted octanol–water partition coefficient (Wildman–Crippen LogP) is 2.88. The Morgan fingerprint density at radius 3 is 2.37 bits per heavy atom. The number of benzene rings is 2. The summed E-state index contributed by atoms with van der Waals surface area (Å²) in [4.78, 5) is 38.9. The summed E-state index contributed by atoms with van der Waals surface area (Å²) in [5, 5.41) is 11.7. The number of nitrogens with zero attached hydrogens (tertiary/aromatic N) is 4. The van der Waals surface area contributed by atoms with E-state index >= 15 is 0 Å². The highest BCUT2D eigenvalue weighted by Crippen LogP contribution is 2.31. The van der Waals surface area contributed by atoms with Crippen LogP contribution < -0.4 is 10.2 Å². The molecule has 1 fully saturated rings. The minimum Gasteiger partial charge on any atom is -0.324 e. The third kappa shape index (κ3) is 3.54. The molecule has 0 bridgehead atoms. The second-order valence-electron chi connectivity index (χ2n) is 7.51. The molecule has 8 nitrogen and oxygen atoms in total. The van der Waals surface area contributed by atoms with Gasteiger partial charge in [0.2, 0.25) is 5.91 Å². The molecule has 2 aliphatic heterocycles. The van der Waals surface area contributed by atoms with Crippen LogP contribution in [0.5, 0.6) is 0 Å². The Hall–Kier alpha value is -3.62. The van der Waals surface area contributed by atoms with E-state index in [1.807, 2.05) is 24.3 Å². The lowest BCUT2D eigenvalue weighted by molar-refractivity contribution is -0.123. The Kier molecular flexibility index (Phi) is 5.03. The molecular weight excluding hydrogens is 389 g/mol. The van der Waals surface area contributed by atoms with Crippen molar-refractivity contribution in [1.82, 2.24) is 5.01 Å². The molecule has 2 aliphatic rings. The molecule has 2 atom stereocenters. The molecule has 4 rings (SSSR count). The van der Waals surface area contributed by atoms with Gasteiger partial charge in [0, 0.05) is 5.69 Å². The average Bonchev–Trinajstić information content (AvgIpc) is 3.23. The van der Waals surface area contributed by atoms with Crippen LogP contribution in [-0.2, 0) is 14.4 Å². The zero-order valence-corrected chi connectivity index (χ0v) is 16.4. The van der Waals surface area contributed by atoms with Crippen LogP contribution in [-0.4, -0.2) is 41.4 Å². The molecule has 0 radical (unpaired) electrons. The molecule has 0 spiro atoms. The SMILES string of the molecule is CC(C)c1ccc(NC(=O)CN2N=N[C@@H]3C(=O)N(c4ccc(F)cc4)C(=O)[C@H]32)cc1. The number of hydrogen-bond donors (Lipinski definition) is 1. The lowest BCUT2D eigenvalue weighted by Crippen LogP contribution is -2.43. The van der Waals surface area contributed by atoms with Crippen LogP contribution >= 0.6 is 0 Å². The van der Waals surface area contributed by atoms with E-state index in [9.17, 15) is 18.8 Å². The summed E-state index contributed by atoms with van der Waals surface area (Å²) < 4.78 is 13.2. The summed E-state index contributed by atoms with van der Waals surface area (Å²) in [5.74, 6) is -1.57. The van der Waals surface area contributed by atoms with Crippen molar-refractivity contribution in [3.8, 4) is 0 Å². The summed E-state index contributed by atoms with van der Waals surface area (Å²) in [5.41, 5.74) is 2.03. The van der Waals surface area contributed by atoms with Gasteiger partial charge in [0.1, 0.15) is 12.4 Å². The Bertz CT molecular complexity index is 1020. The molecule has 1 saturated heterocycles. The number of rotatable bonds is 5. The largest absolute Gasteiger partial charge is 0.324 e. The van der Waals surface area contributed by atoms with E-state index < -0.39 is 29.7 Å². The normalized spacial score (nSPS) is 20.3. The first-order valence-electron chi connectivity index (χ1n) is 9.56. The lowest BCUT2D eigenvalue weighted by atomic mass is 10.0. The molecule has 0 unspecified atom stereocenters. The molecule has 1 N–H and O–H groups in total. The first-order valence-corrected chi connectivity index (χ1v) is 9.56. The van der Waals surface area contributed by atoms with Gasteiger partial charge in [0.25, 0.3) is 11.8 Å². The number of halogens is 1. The Morgan fingerprint density at radius 1 is 1.07 bits per heavy atom. The van der Waals surface area contributed by atoms with Crippen molar-refractivity contribution in [2.75, 3.05) is 16.8 Å². The molecule has 30 heavy (non-hydrogen) atoms. The second kappa shape index (κ2) is 7.66. The zero-order chi connectivity index (χ0) is 21.4. The summed E-state index contributed by atoms with van der Waals surface area (Å²) in [7, 11) is 0. The van der Waals surface area contributed by atoms with Gasteiger partial charge in [-0.1, -0.05) is 31.2 Å². The fourth-order valence-electron chi connectivity index (χ4n) is 3.50. The fourth-order valence-corrected chi connectivity index (χ4v) is 3.50. The molecule has 2 aromatic carbocycles. The summed E-state index contributed by atoms with van der Waals surface area (Å²) in [6.07, 6.45) is 0. The van der Waals surface area contributed by atoms with Gasteiger partial charge in [-0.05, 0) is 47.9 Å². The van der Waals surface area contributed by atoms with Crippen LogP contribution in [0.1, 0.15) is 25.3 Å². The van der Waals surface area contributed by atoms with Crippen LogP contribution in [0.3, 0.4) is 0 Å². The predicted molar refractivity (Wildman–Crippen MR) is 107 cm³/mol. The first kappa shape index (κ1) is 19.7. The smallest absolute Gasteiger partial charge is 0.263 e. The van der Waals surface area contributed by atoms with Crippen molar-refractivity contribution in [2.45, 2.75) is 31.8 Å². The van der Waals surface area contributed by atoms with Crippen LogP contribution in [0.15, 0.2) is 58.9 Å². The van der Waals surface area contributed by atoms with Crippen molar-refractivity contribution >= 4 is 29.1 Å². The molecule has 3 amide bonds. The Balaban J connectivity index is 1.44. The van der Waals surface area contributed by atoms with Crippen LogP contribution in [0.2, 0.25) is 0 Å². The summed E-state index contributed by atoms with van der Waals surface area (Å²) in [6.45, 7) is 3.93. The van der Waals surface area contributed by atoms with Gasteiger partial charge >= 0.3 is 0 Å². The van der Waals surface area contributed by atoms with Gasteiger partial charge in [0.15, 0.2) is 12.1 Å². The van der Waals surface area contributed by atoms with E-state index in [1.165, 1.54) is 29.3 Å². The van der Waals surface area contributed by atoms with Gasteiger partial charge in [-0.15, -0.1) is 0 Å². The molecule has 154 valence electrons. The van der Waals surface area contributed by atoms with E-state index in [1.54, 1.807) is 0 Å². The van der Waals surface area contributed by atoms with Gasteiger partial charge < -0.3 is 5.32 Å². The van der Waals surface area contributed by atoms with E-state index in [2.05, 4.69) is 29.5 Å². The maximum absolute atomic E-state index is 13.2. The second-order valence-corrected chi connectivity index (χ2v) is 7.51. The van der Waals surface area contributed by atoms with Gasteiger partial charge in [-0.3, -0.25) is 19.4 Å². The minimum absolute atomic E-state index is 0.229. The highest BCUT2D eigenvalue weighted by Gasteiger charge is 2.55. The van der Waals surface area contributed by atoms with Crippen molar-refractivity contribution in [3.05, 3.63) is 59.9 Å². The molecule has 2 heterocycles. The van der Waals surface area contributed by atoms with Gasteiger partial charge in [0.05, 0.1) is 5.69 Å². The molecule has 0 saturated carbocycles. The molecule has 0 aromatic heterocycles. The summed E-state index contributed by atoms with van der Waals surface area (Å²) in [6, 6.07) is 10.5. The minimum atomic E-state index is -1.01. The standard InChI is InChI=1S/C21H20FN5O3/c1-12(2)13-3-7-15(8-4-13)23-17(28)11-26-19-18(24-25-26)20(29)27(21(19)30)16-9-5-14(22)6-10-16/h3-10,12,18-19H,11H2,1-2H3,(H,23,28)/t18-,19-/m0/s1. The van der Waals surface area contributed by atoms with Crippen LogP contribution in [0.25, 0.3) is 0 Å². The van der Waals surface area contributed by atoms with Crippen molar-refractivity contribution in [2.24, 2.45) is 10.3 Å². The highest BCUT2D eigenvalue weighted by molar-refractivity contribution is 6.25. The third-order valence-electron chi connectivity index (χ3n) is 5.11. The number of carbonyl (C=O) groups excluding carboxylic acids is 3. The topological polar surface area (TPSA) is 94.4 Å². The van der Waals surface area contributed by atoms with Crippen LogP contribution in [0, 0.1) is 5.82 Å². The molecule has 0 aliphatic carbocycles. The van der Waals surface area contributed by atoms with E-state index in [0.717, 1.165) is 10.5 Å². The maximum atomic E-state index is 13.2. The number of hydrogen-bond acceptors (Lipinski definition) is 6. The maximum Gasteiger partial charge on any atom is 0.263 e. The average molecular weight is 409 g/mol. The van der Waals surface area contributed by atoms with Crippen molar-refractivity contribution in [1.29, 1.82) is 0 Å². The number of imide groups is 1. The number of nitrogens with one attached hydrogen (secondary N) is 1. The summed E-state index contributed by atoms with van der Waals surface area (Å²) >= 11 is 0. The molecule has 2 aromatic rings.